The van der Waals surface area contributed by atoms with E-state index in [9.17, 15) is 14.2 Å². The van der Waals surface area contributed by atoms with E-state index >= 15 is 0 Å². The van der Waals surface area contributed by atoms with Crippen molar-refractivity contribution in [2.45, 2.75) is 31.8 Å². The van der Waals surface area contributed by atoms with Gasteiger partial charge in [-0.05, 0) is 6.92 Å². The Balaban J connectivity index is 1.88. The molecule has 3 rings (SSSR count). The molecule has 1 aromatic rings. The van der Waals surface area contributed by atoms with Crippen LogP contribution in [-0.4, -0.2) is 35.0 Å². The largest absolute Gasteiger partial charge is 0.349 e. The average Bonchev–Trinajstić information content (AvgIpc) is 2.74. The smallest absolute Gasteiger partial charge is 0.330 e. The van der Waals surface area contributed by atoms with Crippen LogP contribution in [0.5, 0.6) is 0 Å². The summed E-state index contributed by atoms with van der Waals surface area (Å²) in [6.45, 7) is 3.19. The van der Waals surface area contributed by atoms with Crippen molar-refractivity contribution in [1.29, 1.82) is 0 Å². The number of rotatable bonds is 1. The summed E-state index contributed by atoms with van der Waals surface area (Å²) >= 11 is 0. The zero-order chi connectivity index (χ0) is 14.5. The lowest BCUT2D eigenvalue weighted by Crippen LogP contribution is -2.33. The van der Waals surface area contributed by atoms with Crippen molar-refractivity contribution >= 4 is 7.60 Å². The molecule has 20 heavy (non-hydrogen) atoms. The summed E-state index contributed by atoms with van der Waals surface area (Å²) in [4.78, 5) is 25.4. The first-order chi connectivity index (χ1) is 9.35. The standard InChI is InChI=1S/C11H15N2O6P/c1-6-4-13(11(15)12-10(6)14)9-3-7-8(18-9)5-17-20(2,16)19-7/h4,7-9H,3,5H2,1-2H3,(H,12,14,15)/t7-,8-,9+,20+/m0/s1. The van der Waals surface area contributed by atoms with Crippen LogP contribution in [0.1, 0.15) is 18.2 Å². The molecule has 2 aliphatic rings. The minimum atomic E-state index is -3.03. The third-order valence-corrected chi connectivity index (χ3v) is 4.71. The maximum atomic E-state index is 11.8. The Hall–Kier alpha value is -1.21. The van der Waals surface area contributed by atoms with Crippen molar-refractivity contribution < 1.29 is 18.3 Å². The first-order valence-electron chi connectivity index (χ1n) is 6.24. The molecule has 8 nitrogen and oxygen atoms in total. The van der Waals surface area contributed by atoms with Gasteiger partial charge >= 0.3 is 13.3 Å². The number of ether oxygens (including phenoxy) is 1. The predicted octanol–water partition coefficient (Wildman–Crippen LogP) is 0.371. The third kappa shape index (κ3) is 2.40. The minimum absolute atomic E-state index is 0.173. The van der Waals surface area contributed by atoms with E-state index in [-0.39, 0.29) is 18.8 Å². The molecule has 0 radical (unpaired) electrons. The molecule has 2 saturated heterocycles. The van der Waals surface area contributed by atoms with E-state index in [1.165, 1.54) is 17.4 Å². The lowest BCUT2D eigenvalue weighted by molar-refractivity contribution is -0.0580. The summed E-state index contributed by atoms with van der Waals surface area (Å²) in [6.07, 6.45) is 0.548. The van der Waals surface area contributed by atoms with Crippen LogP contribution < -0.4 is 11.2 Å². The maximum absolute atomic E-state index is 11.8. The molecule has 1 aromatic heterocycles. The van der Waals surface area contributed by atoms with Crippen molar-refractivity contribution in [2.75, 3.05) is 13.3 Å². The minimum Gasteiger partial charge on any atom is -0.349 e. The van der Waals surface area contributed by atoms with Crippen LogP contribution in [0, 0.1) is 6.92 Å². The first kappa shape index (κ1) is 13.8. The molecule has 0 spiro atoms. The highest BCUT2D eigenvalue weighted by Crippen LogP contribution is 2.52. The summed E-state index contributed by atoms with van der Waals surface area (Å²) < 4.78 is 29.2. The van der Waals surface area contributed by atoms with E-state index < -0.39 is 25.1 Å². The lowest BCUT2D eigenvalue weighted by Gasteiger charge is -2.28. The Morgan fingerprint density at radius 1 is 1.40 bits per heavy atom. The molecule has 0 aliphatic carbocycles. The van der Waals surface area contributed by atoms with Crippen molar-refractivity contribution in [2.24, 2.45) is 0 Å². The van der Waals surface area contributed by atoms with Crippen molar-refractivity contribution in [3.05, 3.63) is 32.6 Å². The highest BCUT2D eigenvalue weighted by molar-refractivity contribution is 7.53. The molecule has 0 bridgehead atoms. The van der Waals surface area contributed by atoms with Crippen molar-refractivity contribution in [1.82, 2.24) is 9.55 Å². The SMILES string of the molecule is Cc1cn([C@H]2C[C@@H]3O[P@](C)(=O)OC[C@@H]3O2)c(=O)[nH]c1=O. The molecule has 2 aliphatic heterocycles. The van der Waals surface area contributed by atoms with E-state index in [4.69, 9.17) is 13.8 Å². The van der Waals surface area contributed by atoms with Gasteiger partial charge in [-0.25, -0.2) is 4.79 Å². The second-order valence-corrected chi connectivity index (χ2v) is 7.07. The van der Waals surface area contributed by atoms with Gasteiger partial charge in [-0.1, -0.05) is 0 Å². The van der Waals surface area contributed by atoms with E-state index in [0.29, 0.717) is 12.0 Å². The van der Waals surface area contributed by atoms with Gasteiger partial charge in [0.15, 0.2) is 0 Å². The van der Waals surface area contributed by atoms with Gasteiger partial charge in [0.05, 0.1) is 12.7 Å². The number of fused-ring (bicyclic) bond motifs is 1. The number of hydrogen-bond acceptors (Lipinski definition) is 6. The quantitative estimate of drug-likeness (QED) is 0.752. The fraction of sp³-hybridized carbons (Fsp3) is 0.636. The van der Waals surface area contributed by atoms with Crippen LogP contribution in [0.25, 0.3) is 0 Å². The predicted molar refractivity (Wildman–Crippen MR) is 68.9 cm³/mol. The average molecular weight is 302 g/mol. The van der Waals surface area contributed by atoms with Gasteiger partial charge in [-0.2, -0.15) is 0 Å². The van der Waals surface area contributed by atoms with E-state index in [0.717, 1.165) is 0 Å². The van der Waals surface area contributed by atoms with Gasteiger partial charge in [0.1, 0.15) is 12.3 Å². The Morgan fingerprint density at radius 3 is 2.90 bits per heavy atom. The number of nitrogens with one attached hydrogen (secondary N) is 1. The zero-order valence-corrected chi connectivity index (χ0v) is 12.0. The summed E-state index contributed by atoms with van der Waals surface area (Å²) in [6, 6.07) is 0. The molecule has 1 N–H and O–H groups in total. The summed E-state index contributed by atoms with van der Waals surface area (Å²) in [5.74, 6) is 0. The number of aromatic amines is 1. The molecular weight excluding hydrogens is 287 g/mol. The normalized spacial score (nSPS) is 36.8. The number of nitrogens with zero attached hydrogens (tertiary/aromatic N) is 1. The van der Waals surface area contributed by atoms with Crippen molar-refractivity contribution in [3.8, 4) is 0 Å². The maximum Gasteiger partial charge on any atom is 0.330 e. The van der Waals surface area contributed by atoms with Gasteiger partial charge in [-0.3, -0.25) is 18.9 Å². The van der Waals surface area contributed by atoms with Gasteiger partial charge in [0.25, 0.3) is 5.56 Å². The lowest BCUT2D eigenvalue weighted by atomic mass is 10.2. The first-order valence-corrected chi connectivity index (χ1v) is 8.23. The Bertz CT molecular complexity index is 695. The zero-order valence-electron chi connectivity index (χ0n) is 11.1. The Morgan fingerprint density at radius 2 is 2.15 bits per heavy atom. The molecule has 110 valence electrons. The highest BCUT2D eigenvalue weighted by Gasteiger charge is 2.45. The van der Waals surface area contributed by atoms with Gasteiger partial charge < -0.3 is 13.8 Å². The molecule has 3 heterocycles. The number of aromatic nitrogens is 2. The topological polar surface area (TPSA) is 99.6 Å². The van der Waals surface area contributed by atoms with Crippen LogP contribution in [0.3, 0.4) is 0 Å². The van der Waals surface area contributed by atoms with Crippen LogP contribution in [0.2, 0.25) is 0 Å². The van der Waals surface area contributed by atoms with Gasteiger partial charge in [0, 0.05) is 24.8 Å². The van der Waals surface area contributed by atoms with E-state index in [1.54, 1.807) is 6.92 Å². The summed E-state index contributed by atoms with van der Waals surface area (Å²) in [7, 11) is -3.03. The number of H-pyrrole nitrogens is 1. The van der Waals surface area contributed by atoms with Gasteiger partial charge in [-0.15, -0.1) is 0 Å². The molecule has 9 heteroatoms. The number of aryl methyl sites for hydroxylation is 1. The number of hydrogen-bond donors (Lipinski definition) is 1. The molecule has 0 aromatic carbocycles. The molecular formula is C11H15N2O6P. The van der Waals surface area contributed by atoms with E-state index in [1.807, 2.05) is 0 Å². The summed E-state index contributed by atoms with van der Waals surface area (Å²) in [5, 5.41) is 0. The third-order valence-electron chi connectivity index (χ3n) is 3.44. The van der Waals surface area contributed by atoms with E-state index in [2.05, 4.69) is 4.98 Å². The van der Waals surface area contributed by atoms with Gasteiger partial charge in [0.2, 0.25) is 0 Å². The molecule has 4 atom stereocenters. The molecule has 2 fully saturated rings. The monoisotopic (exact) mass is 302 g/mol. The second-order valence-electron chi connectivity index (χ2n) is 5.05. The Kier molecular flexibility index (Phi) is 3.21. The van der Waals surface area contributed by atoms with Crippen LogP contribution >= 0.6 is 7.60 Å². The van der Waals surface area contributed by atoms with Crippen LogP contribution in [-0.2, 0) is 18.3 Å². The fourth-order valence-electron chi connectivity index (χ4n) is 2.42. The Labute approximate surface area is 114 Å². The highest BCUT2D eigenvalue weighted by atomic mass is 31.2. The molecule has 0 saturated carbocycles. The summed E-state index contributed by atoms with van der Waals surface area (Å²) in [5.41, 5.74) is -0.537. The van der Waals surface area contributed by atoms with Crippen LogP contribution in [0.15, 0.2) is 15.8 Å². The van der Waals surface area contributed by atoms with Crippen LogP contribution in [0.4, 0.5) is 0 Å². The molecule has 0 unspecified atom stereocenters. The van der Waals surface area contributed by atoms with Crippen molar-refractivity contribution in [3.63, 3.8) is 0 Å². The molecule has 0 amide bonds. The fourth-order valence-corrected chi connectivity index (χ4v) is 3.61. The second kappa shape index (κ2) is 4.66.